The Morgan fingerprint density at radius 3 is 2.38 bits per heavy atom. The summed E-state index contributed by atoms with van der Waals surface area (Å²) in [6, 6.07) is 20.2. The summed E-state index contributed by atoms with van der Waals surface area (Å²) in [5.41, 5.74) is 1.83. The van der Waals surface area contributed by atoms with Crippen LogP contribution in [0.3, 0.4) is 0 Å². The minimum absolute atomic E-state index is 0.158. The van der Waals surface area contributed by atoms with E-state index < -0.39 is 0 Å². The number of nitrogens with zero attached hydrogens (tertiary/aromatic N) is 3. The van der Waals surface area contributed by atoms with Crippen molar-refractivity contribution in [3.63, 3.8) is 0 Å². The molecule has 0 radical (unpaired) electrons. The molecule has 0 bridgehead atoms. The lowest BCUT2D eigenvalue weighted by Gasteiger charge is -2.13. The highest BCUT2D eigenvalue weighted by Crippen LogP contribution is 2.22. The molecule has 0 amide bonds. The average Bonchev–Trinajstić information content (AvgIpc) is 2.63. The Hall–Kier alpha value is -2.98. The monoisotopic (exact) mass is 333 g/mol. The molecule has 2 aromatic heterocycles. The Bertz CT molecular complexity index is 1070. The van der Waals surface area contributed by atoms with E-state index >= 15 is 0 Å². The summed E-state index contributed by atoms with van der Waals surface area (Å²) in [5.74, 6) is 0.550. The molecule has 116 valence electrons. The van der Waals surface area contributed by atoms with Crippen molar-refractivity contribution in [2.24, 2.45) is 0 Å². The summed E-state index contributed by atoms with van der Waals surface area (Å²) in [7, 11) is 0. The highest BCUT2D eigenvalue weighted by atomic mass is 35.5. The van der Waals surface area contributed by atoms with Gasteiger partial charge in [-0.15, -0.1) is 0 Å². The van der Waals surface area contributed by atoms with Crippen molar-refractivity contribution in [3.05, 3.63) is 88.3 Å². The second-order valence-electron chi connectivity index (χ2n) is 5.29. The Morgan fingerprint density at radius 2 is 1.62 bits per heavy atom. The van der Waals surface area contributed by atoms with Crippen LogP contribution < -0.4 is 5.56 Å². The van der Waals surface area contributed by atoms with E-state index in [0.717, 1.165) is 5.56 Å². The number of hydrogen-bond donors (Lipinski definition) is 0. The molecule has 2 aromatic carbocycles. The van der Waals surface area contributed by atoms with Gasteiger partial charge in [0.05, 0.1) is 11.1 Å². The van der Waals surface area contributed by atoms with E-state index in [2.05, 4.69) is 9.97 Å². The number of aromatic nitrogens is 3. The molecular formula is C19H12ClN3O. The van der Waals surface area contributed by atoms with Gasteiger partial charge in [-0.05, 0) is 36.4 Å². The van der Waals surface area contributed by atoms with Crippen molar-refractivity contribution in [1.29, 1.82) is 0 Å². The van der Waals surface area contributed by atoms with Gasteiger partial charge in [-0.1, -0.05) is 41.9 Å². The lowest BCUT2D eigenvalue weighted by Crippen LogP contribution is -2.22. The Morgan fingerprint density at radius 1 is 0.875 bits per heavy atom. The van der Waals surface area contributed by atoms with Gasteiger partial charge in [0.2, 0.25) is 0 Å². The van der Waals surface area contributed by atoms with Crippen LogP contribution in [0.25, 0.3) is 28.1 Å². The van der Waals surface area contributed by atoms with E-state index in [4.69, 9.17) is 11.6 Å². The van der Waals surface area contributed by atoms with Crippen LogP contribution in [0.1, 0.15) is 0 Å². The summed E-state index contributed by atoms with van der Waals surface area (Å²) in [6.07, 6.45) is 1.64. The fraction of sp³-hybridized carbons (Fsp3) is 0. The molecule has 4 rings (SSSR count). The molecule has 4 nitrogen and oxygen atoms in total. The van der Waals surface area contributed by atoms with E-state index in [1.165, 1.54) is 0 Å². The number of hydrogen-bond acceptors (Lipinski definition) is 3. The first-order valence-electron chi connectivity index (χ1n) is 7.43. The van der Waals surface area contributed by atoms with Crippen LogP contribution in [0.5, 0.6) is 0 Å². The molecule has 0 saturated carbocycles. The van der Waals surface area contributed by atoms with Crippen molar-refractivity contribution in [2.45, 2.75) is 0 Å². The van der Waals surface area contributed by atoms with Gasteiger partial charge in [-0.3, -0.25) is 9.36 Å². The molecule has 0 aliphatic heterocycles. The van der Waals surface area contributed by atoms with Crippen LogP contribution in [0, 0.1) is 0 Å². The second-order valence-corrected chi connectivity index (χ2v) is 5.73. The van der Waals surface area contributed by atoms with Crippen LogP contribution >= 0.6 is 11.6 Å². The molecule has 0 N–H and O–H groups in total. The largest absolute Gasteiger partial charge is 0.268 e. The van der Waals surface area contributed by atoms with E-state index in [1.807, 2.05) is 30.3 Å². The zero-order valence-corrected chi connectivity index (χ0v) is 13.3. The van der Waals surface area contributed by atoms with Gasteiger partial charge in [-0.25, -0.2) is 9.97 Å². The molecule has 0 spiro atoms. The summed E-state index contributed by atoms with van der Waals surface area (Å²) in [6.45, 7) is 0. The first-order chi connectivity index (χ1) is 11.7. The van der Waals surface area contributed by atoms with E-state index in [1.54, 1.807) is 47.2 Å². The van der Waals surface area contributed by atoms with Crippen LogP contribution in [0.15, 0.2) is 77.7 Å². The zero-order chi connectivity index (χ0) is 16.5. The molecule has 4 aromatic rings. The first-order valence-corrected chi connectivity index (χ1v) is 7.81. The molecule has 2 heterocycles. The fourth-order valence-electron chi connectivity index (χ4n) is 2.63. The molecule has 24 heavy (non-hydrogen) atoms. The van der Waals surface area contributed by atoms with Crippen LogP contribution in [-0.2, 0) is 0 Å². The number of rotatable bonds is 2. The van der Waals surface area contributed by atoms with Gasteiger partial charge < -0.3 is 0 Å². The van der Waals surface area contributed by atoms with Crippen molar-refractivity contribution in [3.8, 4) is 17.1 Å². The Balaban J connectivity index is 2.11. The predicted molar refractivity (Wildman–Crippen MR) is 95.6 cm³/mol. The molecule has 0 saturated heterocycles. The molecule has 0 atom stereocenters. The highest BCUT2D eigenvalue weighted by Gasteiger charge is 2.14. The van der Waals surface area contributed by atoms with Gasteiger partial charge in [0.15, 0.2) is 5.65 Å². The maximum absolute atomic E-state index is 13.1. The van der Waals surface area contributed by atoms with Gasteiger partial charge >= 0.3 is 0 Å². The van der Waals surface area contributed by atoms with Gasteiger partial charge in [0, 0.05) is 16.8 Å². The summed E-state index contributed by atoms with van der Waals surface area (Å²) >= 11 is 5.98. The molecule has 0 fully saturated rings. The van der Waals surface area contributed by atoms with Gasteiger partial charge in [0.1, 0.15) is 5.82 Å². The standard InChI is InChI=1S/C19H12ClN3O/c20-14-8-10-15(11-9-14)23-18(13-5-2-1-3-6-13)22-17-16(19(23)24)7-4-12-21-17/h1-12H. The topological polar surface area (TPSA) is 47.8 Å². The maximum atomic E-state index is 13.1. The molecule has 0 unspecified atom stereocenters. The summed E-state index contributed by atoms with van der Waals surface area (Å²) in [4.78, 5) is 21.9. The third kappa shape index (κ3) is 2.47. The summed E-state index contributed by atoms with van der Waals surface area (Å²) in [5, 5.41) is 1.09. The van der Waals surface area contributed by atoms with Crippen LogP contribution in [-0.4, -0.2) is 14.5 Å². The smallest absolute Gasteiger partial charge is 0.267 e. The van der Waals surface area contributed by atoms with Crippen molar-refractivity contribution >= 4 is 22.6 Å². The normalized spacial score (nSPS) is 10.9. The van der Waals surface area contributed by atoms with Crippen molar-refractivity contribution in [2.75, 3.05) is 0 Å². The van der Waals surface area contributed by atoms with Crippen LogP contribution in [0.4, 0.5) is 0 Å². The zero-order valence-electron chi connectivity index (χ0n) is 12.6. The number of fused-ring (bicyclic) bond motifs is 1. The van der Waals surface area contributed by atoms with Crippen molar-refractivity contribution < 1.29 is 0 Å². The highest BCUT2D eigenvalue weighted by molar-refractivity contribution is 6.30. The van der Waals surface area contributed by atoms with E-state index in [9.17, 15) is 4.79 Å². The Kier molecular flexibility index (Phi) is 3.59. The SMILES string of the molecule is O=c1c2cccnc2nc(-c2ccccc2)n1-c1ccc(Cl)cc1. The lowest BCUT2D eigenvalue weighted by molar-refractivity contribution is 0.969. The average molecular weight is 334 g/mol. The van der Waals surface area contributed by atoms with Crippen molar-refractivity contribution in [1.82, 2.24) is 14.5 Å². The summed E-state index contributed by atoms with van der Waals surface area (Å²) < 4.78 is 1.59. The minimum Gasteiger partial charge on any atom is -0.268 e. The Labute approximate surface area is 143 Å². The van der Waals surface area contributed by atoms with Crippen LogP contribution in [0.2, 0.25) is 5.02 Å². The third-order valence-corrected chi connectivity index (χ3v) is 4.01. The lowest BCUT2D eigenvalue weighted by atomic mass is 10.2. The maximum Gasteiger partial charge on any atom is 0.267 e. The third-order valence-electron chi connectivity index (χ3n) is 3.76. The first kappa shape index (κ1) is 14.6. The minimum atomic E-state index is -0.158. The second kappa shape index (κ2) is 5.91. The fourth-order valence-corrected chi connectivity index (χ4v) is 2.76. The quantitative estimate of drug-likeness (QED) is 0.555. The molecular weight excluding hydrogens is 322 g/mol. The van der Waals surface area contributed by atoms with Gasteiger partial charge in [-0.2, -0.15) is 0 Å². The van der Waals surface area contributed by atoms with E-state index in [0.29, 0.717) is 27.6 Å². The molecule has 5 heteroatoms. The number of benzene rings is 2. The number of pyridine rings is 1. The molecule has 0 aliphatic rings. The number of halogens is 1. The van der Waals surface area contributed by atoms with E-state index in [-0.39, 0.29) is 5.56 Å². The van der Waals surface area contributed by atoms with Gasteiger partial charge in [0.25, 0.3) is 5.56 Å². The predicted octanol–water partition coefficient (Wildman–Crippen LogP) is 4.10. The molecule has 0 aliphatic carbocycles.